The van der Waals surface area contributed by atoms with Crippen LogP contribution in [-0.4, -0.2) is 50.6 Å². The van der Waals surface area contributed by atoms with Gasteiger partial charge in [-0.3, -0.25) is 13.8 Å². The number of amides is 3. The van der Waals surface area contributed by atoms with Crippen LogP contribution >= 0.6 is 0 Å². The van der Waals surface area contributed by atoms with Crippen LogP contribution < -0.4 is 16.0 Å². The Balaban J connectivity index is 1.67. The third-order valence-corrected chi connectivity index (χ3v) is 6.37. The van der Waals surface area contributed by atoms with Crippen LogP contribution in [0.4, 0.5) is 4.79 Å². The topological polar surface area (TPSA) is 140 Å². The zero-order valence-electron chi connectivity index (χ0n) is 19.9. The van der Waals surface area contributed by atoms with Gasteiger partial charge in [0.15, 0.2) is 0 Å². The van der Waals surface area contributed by atoms with E-state index in [1.807, 2.05) is 6.92 Å². The van der Waals surface area contributed by atoms with Gasteiger partial charge in [0.05, 0.1) is 17.5 Å². The maximum Gasteiger partial charge on any atom is 0.408 e. The SMILES string of the molecule is Cc1ccc(S(=O)(=O)OC[C@@H]2NC(=O)[C@@H]2NC(=O)C(NC(=O)OC(C)(C)C)c2ccccc2)cc1. The lowest BCUT2D eigenvalue weighted by Gasteiger charge is -2.37. The lowest BCUT2D eigenvalue weighted by molar-refractivity contribution is -0.137. The van der Waals surface area contributed by atoms with Crippen LogP contribution in [-0.2, 0) is 28.6 Å². The Morgan fingerprint density at radius 3 is 2.26 bits per heavy atom. The quantitative estimate of drug-likeness (QED) is 0.369. The number of ether oxygens (including phenoxy) is 1. The summed E-state index contributed by atoms with van der Waals surface area (Å²) in [5, 5.41) is 7.62. The van der Waals surface area contributed by atoms with Crippen molar-refractivity contribution >= 4 is 28.0 Å². The lowest BCUT2D eigenvalue weighted by Crippen LogP contribution is -2.71. The van der Waals surface area contributed by atoms with Crippen molar-refractivity contribution in [2.45, 2.75) is 56.3 Å². The van der Waals surface area contributed by atoms with Crippen LogP contribution in [0.1, 0.15) is 37.9 Å². The molecule has 11 heteroatoms. The van der Waals surface area contributed by atoms with Crippen molar-refractivity contribution in [2.24, 2.45) is 0 Å². The number of hydrogen-bond acceptors (Lipinski definition) is 7. The van der Waals surface area contributed by atoms with E-state index in [2.05, 4.69) is 16.0 Å². The second-order valence-electron chi connectivity index (χ2n) is 9.14. The minimum absolute atomic E-state index is 0.0139. The van der Waals surface area contributed by atoms with E-state index >= 15 is 0 Å². The lowest BCUT2D eigenvalue weighted by atomic mass is 9.98. The third-order valence-electron chi connectivity index (χ3n) is 5.08. The van der Waals surface area contributed by atoms with Crippen molar-refractivity contribution in [3.05, 3.63) is 65.7 Å². The van der Waals surface area contributed by atoms with Gasteiger partial charge in [-0.05, 0) is 45.4 Å². The number of carbonyl (C=O) groups is 3. The molecule has 0 spiro atoms. The average molecular weight is 504 g/mol. The van der Waals surface area contributed by atoms with Gasteiger partial charge in [-0.25, -0.2) is 4.79 Å². The molecule has 0 aromatic heterocycles. The summed E-state index contributed by atoms with van der Waals surface area (Å²) >= 11 is 0. The molecule has 2 aromatic carbocycles. The Bertz CT molecular complexity index is 1180. The van der Waals surface area contributed by atoms with E-state index in [-0.39, 0.29) is 11.5 Å². The van der Waals surface area contributed by atoms with Gasteiger partial charge in [0.1, 0.15) is 17.7 Å². The van der Waals surface area contributed by atoms with E-state index in [0.717, 1.165) is 5.56 Å². The zero-order valence-corrected chi connectivity index (χ0v) is 20.7. The first-order chi connectivity index (χ1) is 16.4. The molecule has 35 heavy (non-hydrogen) atoms. The first-order valence-corrected chi connectivity index (χ1v) is 12.4. The molecule has 1 unspecified atom stereocenters. The monoisotopic (exact) mass is 503 g/mol. The Kier molecular flexibility index (Phi) is 7.81. The highest BCUT2D eigenvalue weighted by Gasteiger charge is 2.42. The van der Waals surface area contributed by atoms with Crippen LogP contribution in [0.5, 0.6) is 0 Å². The number of hydrogen-bond donors (Lipinski definition) is 3. The highest BCUT2D eigenvalue weighted by Crippen LogP contribution is 2.19. The maximum atomic E-state index is 13.1. The smallest absolute Gasteiger partial charge is 0.408 e. The number of rotatable bonds is 8. The molecule has 0 bridgehead atoms. The number of nitrogens with one attached hydrogen (secondary N) is 3. The van der Waals surface area contributed by atoms with Gasteiger partial charge in [-0.1, -0.05) is 48.0 Å². The first-order valence-electron chi connectivity index (χ1n) is 11.0. The van der Waals surface area contributed by atoms with Crippen molar-refractivity contribution in [1.29, 1.82) is 0 Å². The summed E-state index contributed by atoms with van der Waals surface area (Å²) in [6.45, 7) is 6.53. The Labute approximate surface area is 204 Å². The maximum absolute atomic E-state index is 13.1. The number of carbonyl (C=O) groups excluding carboxylic acids is 3. The van der Waals surface area contributed by atoms with Crippen molar-refractivity contribution in [3.8, 4) is 0 Å². The molecule has 1 aliphatic heterocycles. The molecule has 0 saturated carbocycles. The van der Waals surface area contributed by atoms with Crippen LogP contribution in [0.2, 0.25) is 0 Å². The number of benzene rings is 2. The number of aryl methyl sites for hydroxylation is 1. The normalized spacial score (nSPS) is 18.6. The summed E-state index contributed by atoms with van der Waals surface area (Å²) in [7, 11) is -4.05. The molecule has 0 aliphatic carbocycles. The van der Waals surface area contributed by atoms with E-state index in [9.17, 15) is 22.8 Å². The van der Waals surface area contributed by atoms with Gasteiger partial charge in [-0.2, -0.15) is 8.42 Å². The molecule has 188 valence electrons. The van der Waals surface area contributed by atoms with E-state index < -0.39 is 51.8 Å². The van der Waals surface area contributed by atoms with Crippen molar-refractivity contribution in [3.63, 3.8) is 0 Å². The molecule has 10 nitrogen and oxygen atoms in total. The molecule has 3 amide bonds. The first kappa shape index (κ1) is 26.2. The highest BCUT2D eigenvalue weighted by molar-refractivity contribution is 7.86. The number of β-lactam (4-membered cyclic amide) rings is 1. The minimum Gasteiger partial charge on any atom is -0.444 e. The van der Waals surface area contributed by atoms with Gasteiger partial charge >= 0.3 is 6.09 Å². The van der Waals surface area contributed by atoms with Crippen LogP contribution in [0.3, 0.4) is 0 Å². The summed E-state index contributed by atoms with van der Waals surface area (Å²) in [6.07, 6.45) is -0.802. The standard InChI is InChI=1S/C24H29N3O7S/c1-15-10-12-17(13-11-15)35(31,32)33-14-18-20(22(29)25-18)26-21(28)19(16-8-6-5-7-9-16)27-23(30)34-24(2,3)4/h5-13,18-20H,14H2,1-4H3,(H,25,29)(H,26,28)(H,27,30)/t18-,19?,20+/m0/s1. The van der Waals surface area contributed by atoms with E-state index in [1.54, 1.807) is 63.2 Å². The van der Waals surface area contributed by atoms with E-state index in [1.165, 1.54) is 12.1 Å². The van der Waals surface area contributed by atoms with Gasteiger partial charge in [0.2, 0.25) is 11.8 Å². The molecule has 1 aliphatic rings. The van der Waals surface area contributed by atoms with Gasteiger partial charge in [0.25, 0.3) is 10.1 Å². The minimum atomic E-state index is -4.05. The van der Waals surface area contributed by atoms with Crippen molar-refractivity contribution in [2.75, 3.05) is 6.61 Å². The molecule has 1 fully saturated rings. The molecule has 3 N–H and O–H groups in total. The number of alkyl carbamates (subject to hydrolysis) is 1. The van der Waals surface area contributed by atoms with E-state index in [4.69, 9.17) is 8.92 Å². The van der Waals surface area contributed by atoms with Gasteiger partial charge in [0, 0.05) is 0 Å². The predicted octanol–water partition coefficient (Wildman–Crippen LogP) is 1.95. The van der Waals surface area contributed by atoms with Crippen LogP contribution in [0.15, 0.2) is 59.5 Å². The second-order valence-corrected chi connectivity index (χ2v) is 10.8. The fraction of sp³-hybridized carbons (Fsp3) is 0.375. The molecule has 3 atom stereocenters. The highest BCUT2D eigenvalue weighted by atomic mass is 32.2. The van der Waals surface area contributed by atoms with Gasteiger partial charge in [-0.15, -0.1) is 0 Å². The van der Waals surface area contributed by atoms with Crippen LogP contribution in [0.25, 0.3) is 0 Å². The third kappa shape index (κ3) is 7.03. The van der Waals surface area contributed by atoms with Crippen molar-refractivity contribution in [1.82, 2.24) is 16.0 Å². The second kappa shape index (κ2) is 10.4. The summed E-state index contributed by atoms with van der Waals surface area (Å²) < 4.78 is 35.2. The zero-order chi connectivity index (χ0) is 25.8. The Morgan fingerprint density at radius 2 is 1.69 bits per heavy atom. The molecule has 2 aromatic rings. The molecule has 1 heterocycles. The molecule has 1 saturated heterocycles. The summed E-state index contributed by atoms with van der Waals surface area (Å²) in [5.74, 6) is -1.16. The van der Waals surface area contributed by atoms with Gasteiger partial charge < -0.3 is 20.7 Å². The largest absolute Gasteiger partial charge is 0.444 e. The molecule has 3 rings (SSSR count). The average Bonchev–Trinajstić information content (AvgIpc) is 2.78. The Morgan fingerprint density at radius 1 is 1.06 bits per heavy atom. The van der Waals surface area contributed by atoms with E-state index in [0.29, 0.717) is 5.56 Å². The summed E-state index contributed by atoms with van der Waals surface area (Å²) in [4.78, 5) is 37.5. The summed E-state index contributed by atoms with van der Waals surface area (Å²) in [6, 6.07) is 11.7. The molecule has 0 radical (unpaired) electrons. The fourth-order valence-electron chi connectivity index (χ4n) is 3.29. The molecular weight excluding hydrogens is 474 g/mol. The fourth-order valence-corrected chi connectivity index (χ4v) is 4.22. The van der Waals surface area contributed by atoms with Crippen molar-refractivity contribution < 1.29 is 31.7 Å². The molecular formula is C24H29N3O7S. The Hall–Kier alpha value is -3.44. The van der Waals surface area contributed by atoms with Crippen LogP contribution in [0, 0.1) is 6.92 Å². The summed E-state index contributed by atoms with van der Waals surface area (Å²) in [5.41, 5.74) is 0.595. The predicted molar refractivity (Wildman–Crippen MR) is 127 cm³/mol.